The van der Waals surface area contributed by atoms with Crippen LogP contribution in [0.1, 0.15) is 42.3 Å². The smallest absolute Gasteiger partial charge is 0.338 e. The summed E-state index contributed by atoms with van der Waals surface area (Å²) in [5, 5.41) is 0. The molecule has 0 saturated carbocycles. The van der Waals surface area contributed by atoms with E-state index >= 15 is 0 Å². The maximum atomic E-state index is 11.7. The number of esters is 2. The minimum absolute atomic E-state index is 0.311. The molecule has 112 valence electrons. The SMILES string of the molecule is C=Cc1cc(C(=O)OC)cc(OC(C)=O)c1/C=C\C(C)C. The molecule has 0 fully saturated rings. The number of hydrogen-bond donors (Lipinski definition) is 0. The molecule has 4 heteroatoms. The predicted octanol–water partition coefficient (Wildman–Crippen LogP) is 3.71. The first-order valence-electron chi connectivity index (χ1n) is 6.64. The van der Waals surface area contributed by atoms with Gasteiger partial charge in [-0.3, -0.25) is 4.79 Å². The van der Waals surface area contributed by atoms with Crippen LogP contribution in [-0.4, -0.2) is 19.0 Å². The van der Waals surface area contributed by atoms with Gasteiger partial charge in [0.05, 0.1) is 12.7 Å². The lowest BCUT2D eigenvalue weighted by molar-refractivity contribution is -0.131. The van der Waals surface area contributed by atoms with Gasteiger partial charge >= 0.3 is 11.9 Å². The lowest BCUT2D eigenvalue weighted by atomic mass is 10.0. The Morgan fingerprint density at radius 1 is 1.29 bits per heavy atom. The molecule has 0 aliphatic carbocycles. The van der Waals surface area contributed by atoms with Crippen LogP contribution >= 0.6 is 0 Å². The van der Waals surface area contributed by atoms with Gasteiger partial charge in [0.25, 0.3) is 0 Å². The lowest BCUT2D eigenvalue weighted by Crippen LogP contribution is -2.07. The molecule has 0 saturated heterocycles. The van der Waals surface area contributed by atoms with Crippen LogP contribution in [-0.2, 0) is 9.53 Å². The van der Waals surface area contributed by atoms with Crippen LogP contribution in [0, 0.1) is 5.92 Å². The van der Waals surface area contributed by atoms with Gasteiger partial charge in [0.1, 0.15) is 5.75 Å². The van der Waals surface area contributed by atoms with E-state index in [9.17, 15) is 9.59 Å². The largest absolute Gasteiger partial charge is 0.465 e. The van der Waals surface area contributed by atoms with Crippen LogP contribution in [0.15, 0.2) is 24.8 Å². The van der Waals surface area contributed by atoms with E-state index < -0.39 is 11.9 Å². The van der Waals surface area contributed by atoms with Gasteiger partial charge in [-0.25, -0.2) is 4.79 Å². The number of carbonyl (C=O) groups is 2. The summed E-state index contributed by atoms with van der Waals surface area (Å²) >= 11 is 0. The molecule has 4 nitrogen and oxygen atoms in total. The molecule has 0 N–H and O–H groups in total. The summed E-state index contributed by atoms with van der Waals surface area (Å²) in [5.74, 6) is -0.289. The number of allylic oxidation sites excluding steroid dienone is 1. The highest BCUT2D eigenvalue weighted by Crippen LogP contribution is 2.28. The van der Waals surface area contributed by atoms with Crippen molar-refractivity contribution in [1.82, 2.24) is 0 Å². The molecule has 0 atom stereocenters. The Morgan fingerprint density at radius 3 is 2.43 bits per heavy atom. The Kier molecular flexibility index (Phi) is 5.91. The van der Waals surface area contributed by atoms with Crippen LogP contribution in [0.3, 0.4) is 0 Å². The molecule has 0 amide bonds. The first-order chi connectivity index (χ1) is 9.88. The average Bonchev–Trinajstić information content (AvgIpc) is 2.43. The van der Waals surface area contributed by atoms with E-state index in [1.807, 2.05) is 26.0 Å². The monoisotopic (exact) mass is 288 g/mol. The van der Waals surface area contributed by atoms with Crippen molar-refractivity contribution >= 4 is 24.1 Å². The van der Waals surface area contributed by atoms with Gasteiger partial charge in [0.15, 0.2) is 0 Å². The molecule has 0 aliphatic rings. The van der Waals surface area contributed by atoms with E-state index in [-0.39, 0.29) is 0 Å². The van der Waals surface area contributed by atoms with Crippen molar-refractivity contribution in [2.24, 2.45) is 5.92 Å². The zero-order valence-corrected chi connectivity index (χ0v) is 12.8. The Morgan fingerprint density at radius 2 is 1.95 bits per heavy atom. The summed E-state index contributed by atoms with van der Waals surface area (Å²) in [6.45, 7) is 9.13. The van der Waals surface area contributed by atoms with E-state index in [1.165, 1.54) is 20.1 Å². The summed E-state index contributed by atoms with van der Waals surface area (Å²) < 4.78 is 9.91. The zero-order chi connectivity index (χ0) is 16.0. The number of carbonyl (C=O) groups excluding carboxylic acids is 2. The van der Waals surface area contributed by atoms with Gasteiger partial charge in [-0.1, -0.05) is 38.7 Å². The highest BCUT2D eigenvalue weighted by Gasteiger charge is 2.15. The van der Waals surface area contributed by atoms with Gasteiger partial charge in [-0.15, -0.1) is 0 Å². The van der Waals surface area contributed by atoms with E-state index in [0.717, 1.165) is 0 Å². The van der Waals surface area contributed by atoms with Crippen molar-refractivity contribution in [3.05, 3.63) is 41.5 Å². The van der Waals surface area contributed by atoms with Crippen molar-refractivity contribution in [3.63, 3.8) is 0 Å². The molecule has 0 bridgehead atoms. The molecule has 0 aromatic heterocycles. The molecule has 1 aromatic carbocycles. The Hall–Kier alpha value is -2.36. The maximum Gasteiger partial charge on any atom is 0.338 e. The second-order valence-corrected chi connectivity index (χ2v) is 4.87. The third kappa shape index (κ3) is 4.60. The second kappa shape index (κ2) is 7.43. The first-order valence-corrected chi connectivity index (χ1v) is 6.64. The van der Waals surface area contributed by atoms with E-state index in [4.69, 9.17) is 9.47 Å². The topological polar surface area (TPSA) is 52.6 Å². The number of ether oxygens (including phenoxy) is 2. The molecule has 0 radical (unpaired) electrons. The van der Waals surface area contributed by atoms with Crippen LogP contribution in [0.4, 0.5) is 0 Å². The average molecular weight is 288 g/mol. The number of benzene rings is 1. The fourth-order valence-electron chi connectivity index (χ4n) is 1.76. The number of hydrogen-bond acceptors (Lipinski definition) is 4. The normalized spacial score (nSPS) is 10.7. The lowest BCUT2D eigenvalue weighted by Gasteiger charge is -2.12. The first kappa shape index (κ1) is 16.7. The van der Waals surface area contributed by atoms with E-state index in [2.05, 4.69) is 6.58 Å². The summed E-state index contributed by atoms with van der Waals surface area (Å²) in [4.78, 5) is 22.9. The standard InChI is InChI=1S/C17H20O4/c1-6-13-9-14(17(19)20-5)10-16(21-12(4)18)15(13)8-7-11(2)3/h6-11H,1H2,2-5H3/b8-7-. The van der Waals surface area contributed by atoms with Crippen LogP contribution in [0.25, 0.3) is 12.2 Å². The van der Waals surface area contributed by atoms with E-state index in [0.29, 0.717) is 28.4 Å². The molecule has 0 spiro atoms. The third-order valence-electron chi connectivity index (χ3n) is 2.72. The van der Waals surface area contributed by atoms with Crippen molar-refractivity contribution < 1.29 is 19.1 Å². The van der Waals surface area contributed by atoms with Crippen molar-refractivity contribution in [1.29, 1.82) is 0 Å². The fourth-order valence-corrected chi connectivity index (χ4v) is 1.76. The van der Waals surface area contributed by atoms with Crippen molar-refractivity contribution in [3.8, 4) is 5.75 Å². The van der Waals surface area contributed by atoms with Gasteiger partial charge in [0, 0.05) is 12.5 Å². The molecule has 1 aromatic rings. The molecule has 0 unspecified atom stereocenters. The third-order valence-corrected chi connectivity index (χ3v) is 2.72. The number of methoxy groups -OCH3 is 1. The van der Waals surface area contributed by atoms with Crippen LogP contribution in [0.2, 0.25) is 0 Å². The van der Waals surface area contributed by atoms with Gasteiger partial charge < -0.3 is 9.47 Å². The van der Waals surface area contributed by atoms with Gasteiger partial charge in [-0.2, -0.15) is 0 Å². The summed E-state index contributed by atoms with van der Waals surface area (Å²) in [5.41, 5.74) is 1.72. The maximum absolute atomic E-state index is 11.7. The summed E-state index contributed by atoms with van der Waals surface area (Å²) in [6, 6.07) is 3.16. The molecule has 21 heavy (non-hydrogen) atoms. The second-order valence-electron chi connectivity index (χ2n) is 4.87. The van der Waals surface area contributed by atoms with Crippen molar-refractivity contribution in [2.75, 3.05) is 7.11 Å². The fraction of sp³-hybridized carbons (Fsp3) is 0.294. The van der Waals surface area contributed by atoms with Crippen LogP contribution < -0.4 is 4.74 Å². The molecule has 0 heterocycles. The number of rotatable bonds is 5. The summed E-state index contributed by atoms with van der Waals surface area (Å²) in [7, 11) is 1.30. The predicted molar refractivity (Wildman–Crippen MR) is 83.1 cm³/mol. The minimum Gasteiger partial charge on any atom is -0.465 e. The highest BCUT2D eigenvalue weighted by molar-refractivity contribution is 5.92. The summed E-state index contributed by atoms with van der Waals surface area (Å²) in [6.07, 6.45) is 5.45. The molecule has 0 aliphatic heterocycles. The zero-order valence-electron chi connectivity index (χ0n) is 12.8. The van der Waals surface area contributed by atoms with Crippen molar-refractivity contribution in [2.45, 2.75) is 20.8 Å². The minimum atomic E-state index is -0.495. The molecular weight excluding hydrogens is 268 g/mol. The Balaban J connectivity index is 3.47. The quantitative estimate of drug-likeness (QED) is 0.612. The molecule has 1 rings (SSSR count). The highest BCUT2D eigenvalue weighted by atomic mass is 16.5. The van der Waals surface area contributed by atoms with Gasteiger partial charge in [0.2, 0.25) is 0 Å². The van der Waals surface area contributed by atoms with Gasteiger partial charge in [-0.05, 0) is 23.6 Å². The van der Waals surface area contributed by atoms with Crippen LogP contribution in [0.5, 0.6) is 5.75 Å². The van der Waals surface area contributed by atoms with E-state index in [1.54, 1.807) is 12.1 Å². The molecular formula is C17H20O4. The Bertz CT molecular complexity index is 583. The Labute approximate surface area is 125 Å².